The molecule has 3 rings (SSSR count). The van der Waals surface area contributed by atoms with Crippen LogP contribution in [0.2, 0.25) is 0 Å². The van der Waals surface area contributed by atoms with Gasteiger partial charge in [-0.15, -0.1) is 0 Å². The molecule has 0 heterocycles. The van der Waals surface area contributed by atoms with E-state index in [1.807, 2.05) is 42.5 Å². The lowest BCUT2D eigenvalue weighted by Gasteiger charge is -2.11. The van der Waals surface area contributed by atoms with Crippen LogP contribution in [0.5, 0.6) is 11.5 Å². The highest BCUT2D eigenvalue weighted by atomic mass is 16.5. The van der Waals surface area contributed by atoms with Crippen LogP contribution in [0.15, 0.2) is 72.8 Å². The highest BCUT2D eigenvalue weighted by Crippen LogP contribution is 2.18. The molecule has 0 unspecified atom stereocenters. The Hall–Kier alpha value is -4.33. The van der Waals surface area contributed by atoms with Gasteiger partial charge in [-0.2, -0.15) is 0 Å². The molecule has 3 aromatic rings. The van der Waals surface area contributed by atoms with Crippen molar-refractivity contribution < 1.29 is 28.6 Å². The number of carbonyl (C=O) groups excluding carboxylic acids is 3. The molecule has 0 aliphatic carbocycles. The molecule has 0 saturated carbocycles. The van der Waals surface area contributed by atoms with E-state index in [0.29, 0.717) is 17.9 Å². The molecule has 0 radical (unpaired) electrons. The third kappa shape index (κ3) is 7.89. The molecule has 0 bridgehead atoms. The predicted molar refractivity (Wildman–Crippen MR) is 132 cm³/mol. The number of aryl methyl sites for hydroxylation is 1. The van der Waals surface area contributed by atoms with Gasteiger partial charge in [-0.3, -0.25) is 9.59 Å². The molecule has 8 nitrogen and oxygen atoms in total. The van der Waals surface area contributed by atoms with Crippen LogP contribution < -0.4 is 20.1 Å². The summed E-state index contributed by atoms with van der Waals surface area (Å²) in [5, 5.41) is 5.45. The lowest BCUT2D eigenvalue weighted by Crippen LogP contribution is -2.28. The molecular formula is C27H28N2O6. The Morgan fingerprint density at radius 2 is 1.51 bits per heavy atom. The maximum atomic E-state index is 12.6. The predicted octanol–water partition coefficient (Wildman–Crippen LogP) is 3.75. The summed E-state index contributed by atoms with van der Waals surface area (Å²) in [6, 6.07) is 21.3. The minimum Gasteiger partial charge on any atom is -0.497 e. The average Bonchev–Trinajstić information content (AvgIpc) is 2.90. The highest BCUT2D eigenvalue weighted by Gasteiger charge is 2.16. The number of rotatable bonds is 11. The van der Waals surface area contributed by atoms with Gasteiger partial charge >= 0.3 is 5.97 Å². The van der Waals surface area contributed by atoms with E-state index in [1.54, 1.807) is 38.5 Å². The third-order valence-electron chi connectivity index (χ3n) is 5.18. The Morgan fingerprint density at radius 3 is 2.26 bits per heavy atom. The molecule has 35 heavy (non-hydrogen) atoms. The molecule has 2 N–H and O–H groups in total. The smallest absolute Gasteiger partial charge is 0.340 e. The monoisotopic (exact) mass is 476 g/mol. The van der Waals surface area contributed by atoms with Crippen LogP contribution in [0.3, 0.4) is 0 Å². The summed E-state index contributed by atoms with van der Waals surface area (Å²) in [5.41, 5.74) is 2.35. The van der Waals surface area contributed by atoms with Crippen molar-refractivity contribution in [2.24, 2.45) is 0 Å². The first-order chi connectivity index (χ1) is 17.0. The number of esters is 1. The third-order valence-corrected chi connectivity index (χ3v) is 5.18. The van der Waals surface area contributed by atoms with E-state index in [-0.39, 0.29) is 24.4 Å². The standard InChI is InChI=1S/C27H28N2O6/c1-33-21-13-10-19(11-14-21)12-15-25(30)29-24-9-4-3-8-23(24)27(32)35-18-26(31)28-17-20-6-5-7-22(16-20)34-2/h3-11,13-14,16H,12,15,17-18H2,1-2H3,(H,28,31)(H,29,30). The molecule has 0 aliphatic rings. The second kappa shape index (κ2) is 12.8. The zero-order valence-corrected chi connectivity index (χ0v) is 19.7. The Kier molecular flexibility index (Phi) is 9.24. The lowest BCUT2D eigenvalue weighted by atomic mass is 10.1. The summed E-state index contributed by atoms with van der Waals surface area (Å²) in [6.45, 7) is -0.170. The van der Waals surface area contributed by atoms with Crippen LogP contribution in [-0.2, 0) is 27.3 Å². The van der Waals surface area contributed by atoms with Gasteiger partial charge in [-0.25, -0.2) is 4.79 Å². The lowest BCUT2D eigenvalue weighted by molar-refractivity contribution is -0.124. The number of methoxy groups -OCH3 is 2. The fourth-order valence-electron chi connectivity index (χ4n) is 3.28. The number of nitrogens with one attached hydrogen (secondary N) is 2. The van der Waals surface area contributed by atoms with Crippen LogP contribution in [0.4, 0.5) is 5.69 Å². The van der Waals surface area contributed by atoms with Crippen LogP contribution >= 0.6 is 0 Å². The van der Waals surface area contributed by atoms with E-state index < -0.39 is 18.5 Å². The number of hydrogen-bond donors (Lipinski definition) is 2. The zero-order valence-electron chi connectivity index (χ0n) is 19.7. The van der Waals surface area contributed by atoms with E-state index in [2.05, 4.69) is 10.6 Å². The second-order valence-corrected chi connectivity index (χ2v) is 7.65. The summed E-state index contributed by atoms with van der Waals surface area (Å²) in [7, 11) is 3.16. The Labute approximate surface area is 204 Å². The van der Waals surface area contributed by atoms with Crippen LogP contribution in [-0.4, -0.2) is 38.6 Å². The molecular weight excluding hydrogens is 448 g/mol. The molecule has 0 aromatic heterocycles. The van der Waals surface area contributed by atoms with Gasteiger partial charge < -0.3 is 24.8 Å². The van der Waals surface area contributed by atoms with Gasteiger partial charge in [0.05, 0.1) is 25.5 Å². The first-order valence-electron chi connectivity index (χ1n) is 11.1. The largest absolute Gasteiger partial charge is 0.497 e. The van der Waals surface area contributed by atoms with Crippen LogP contribution in [0, 0.1) is 0 Å². The van der Waals surface area contributed by atoms with Gasteiger partial charge in [0, 0.05) is 13.0 Å². The van der Waals surface area contributed by atoms with Crippen molar-refractivity contribution in [3.8, 4) is 11.5 Å². The Morgan fingerprint density at radius 1 is 0.771 bits per heavy atom. The van der Waals surface area contributed by atoms with Crippen molar-refractivity contribution in [3.05, 3.63) is 89.5 Å². The molecule has 0 atom stereocenters. The number of amides is 2. The molecule has 0 aliphatic heterocycles. The van der Waals surface area contributed by atoms with Crippen molar-refractivity contribution in [2.45, 2.75) is 19.4 Å². The average molecular weight is 477 g/mol. The van der Waals surface area contributed by atoms with Gasteiger partial charge in [0.2, 0.25) is 5.91 Å². The molecule has 0 saturated heterocycles. The molecule has 3 aromatic carbocycles. The Balaban J connectivity index is 1.49. The van der Waals surface area contributed by atoms with Gasteiger partial charge in [-0.05, 0) is 53.9 Å². The molecule has 8 heteroatoms. The van der Waals surface area contributed by atoms with Crippen LogP contribution in [0.1, 0.15) is 27.9 Å². The van der Waals surface area contributed by atoms with Gasteiger partial charge in [0.15, 0.2) is 6.61 Å². The molecule has 0 spiro atoms. The van der Waals surface area contributed by atoms with Gasteiger partial charge in [0.25, 0.3) is 5.91 Å². The number of anilines is 1. The minimum atomic E-state index is -0.701. The Bertz CT molecular complexity index is 1160. The molecule has 0 fully saturated rings. The van der Waals surface area contributed by atoms with Crippen molar-refractivity contribution in [3.63, 3.8) is 0 Å². The summed E-state index contributed by atoms with van der Waals surface area (Å²) in [6.07, 6.45) is 0.776. The number of benzene rings is 3. The van der Waals surface area contributed by atoms with Crippen LogP contribution in [0.25, 0.3) is 0 Å². The molecule has 2 amide bonds. The number of para-hydroxylation sites is 1. The second-order valence-electron chi connectivity index (χ2n) is 7.65. The number of hydrogen-bond acceptors (Lipinski definition) is 6. The first kappa shape index (κ1) is 25.3. The van der Waals surface area contributed by atoms with Gasteiger partial charge in [0.1, 0.15) is 11.5 Å². The summed E-state index contributed by atoms with van der Waals surface area (Å²) in [4.78, 5) is 37.2. The quantitative estimate of drug-likeness (QED) is 0.409. The van der Waals surface area contributed by atoms with Crippen molar-refractivity contribution >= 4 is 23.5 Å². The summed E-state index contributed by atoms with van der Waals surface area (Å²) < 4.78 is 15.4. The molecule has 182 valence electrons. The fraction of sp³-hybridized carbons (Fsp3) is 0.222. The SMILES string of the molecule is COc1ccc(CCC(=O)Nc2ccccc2C(=O)OCC(=O)NCc2cccc(OC)c2)cc1. The van der Waals surface area contributed by atoms with E-state index in [0.717, 1.165) is 16.9 Å². The normalized spacial score (nSPS) is 10.2. The zero-order chi connectivity index (χ0) is 25.0. The van der Waals surface area contributed by atoms with Gasteiger partial charge in [-0.1, -0.05) is 36.4 Å². The minimum absolute atomic E-state index is 0.172. The van der Waals surface area contributed by atoms with E-state index in [9.17, 15) is 14.4 Å². The van der Waals surface area contributed by atoms with Crippen molar-refractivity contribution in [2.75, 3.05) is 26.1 Å². The van der Waals surface area contributed by atoms with Crippen molar-refractivity contribution in [1.82, 2.24) is 5.32 Å². The summed E-state index contributed by atoms with van der Waals surface area (Å²) >= 11 is 0. The van der Waals surface area contributed by atoms with E-state index >= 15 is 0 Å². The number of carbonyl (C=O) groups is 3. The maximum absolute atomic E-state index is 12.6. The summed E-state index contributed by atoms with van der Waals surface area (Å²) in [5.74, 6) is 0.0531. The first-order valence-corrected chi connectivity index (χ1v) is 11.1. The topological polar surface area (TPSA) is 103 Å². The van der Waals surface area contributed by atoms with E-state index in [4.69, 9.17) is 14.2 Å². The highest BCUT2D eigenvalue weighted by molar-refractivity contribution is 6.01. The fourth-order valence-corrected chi connectivity index (χ4v) is 3.28. The van der Waals surface area contributed by atoms with E-state index in [1.165, 1.54) is 6.07 Å². The maximum Gasteiger partial charge on any atom is 0.340 e. The number of ether oxygens (including phenoxy) is 3. The van der Waals surface area contributed by atoms with Crippen molar-refractivity contribution in [1.29, 1.82) is 0 Å².